The predicted octanol–water partition coefficient (Wildman–Crippen LogP) is 2.01. The lowest BCUT2D eigenvalue weighted by atomic mass is 10.1. The number of aliphatic carboxylic acids is 1. The topological polar surface area (TPSA) is 53.4 Å². The fourth-order valence-corrected chi connectivity index (χ4v) is 1.97. The number of aromatic nitrogens is 1. The third-order valence-electron chi connectivity index (χ3n) is 2.94. The van der Waals surface area contributed by atoms with Gasteiger partial charge in [-0.1, -0.05) is 0 Å². The summed E-state index contributed by atoms with van der Waals surface area (Å²) >= 11 is 0. The van der Waals surface area contributed by atoms with Crippen LogP contribution in [0.1, 0.15) is 12.1 Å². The number of carbonyl (C=O) groups is 1. The first-order valence-corrected chi connectivity index (χ1v) is 5.39. The average Bonchev–Trinajstić information content (AvgIpc) is 2.77. The number of nitrogens with zero attached hydrogens (tertiary/aromatic N) is 2. The molecule has 0 saturated carbocycles. The summed E-state index contributed by atoms with van der Waals surface area (Å²) < 4.78 is 37.5. The second-order valence-corrected chi connectivity index (χ2v) is 4.17. The number of carboxylic acid groups (broad SMARTS) is 1. The summed E-state index contributed by atoms with van der Waals surface area (Å²) in [6.45, 7) is 0.676. The minimum absolute atomic E-state index is 0.233. The highest BCUT2D eigenvalue weighted by Gasteiger charge is 2.34. The monoisotopic (exact) mass is 260 g/mol. The van der Waals surface area contributed by atoms with E-state index >= 15 is 0 Å². The van der Waals surface area contributed by atoms with E-state index in [1.165, 1.54) is 6.07 Å². The molecule has 1 N–H and O–H groups in total. The highest BCUT2D eigenvalue weighted by atomic mass is 19.4. The molecule has 0 spiro atoms. The summed E-state index contributed by atoms with van der Waals surface area (Å²) in [4.78, 5) is 15.7. The lowest BCUT2D eigenvalue weighted by Crippen LogP contribution is -2.23. The Morgan fingerprint density at radius 3 is 2.78 bits per heavy atom. The van der Waals surface area contributed by atoms with Crippen LogP contribution in [0.5, 0.6) is 0 Å². The lowest BCUT2D eigenvalue weighted by molar-refractivity contribution is -0.142. The fourth-order valence-electron chi connectivity index (χ4n) is 1.97. The predicted molar refractivity (Wildman–Crippen MR) is 57.2 cm³/mol. The van der Waals surface area contributed by atoms with Crippen molar-refractivity contribution in [2.24, 2.45) is 5.92 Å². The minimum Gasteiger partial charge on any atom is -0.481 e. The standard InChI is InChI=1S/C11H11F3N2O2/c12-11(13,14)9-5-8(1-3-15-9)16-4-2-7(6-16)10(17)18/h1,3,5,7H,2,4,6H2,(H,17,18). The molecule has 0 bridgehead atoms. The molecule has 0 radical (unpaired) electrons. The largest absolute Gasteiger partial charge is 0.481 e. The van der Waals surface area contributed by atoms with Gasteiger partial charge in [-0.3, -0.25) is 9.78 Å². The van der Waals surface area contributed by atoms with Crippen LogP contribution in [-0.4, -0.2) is 29.1 Å². The number of carboxylic acids is 1. The number of alkyl halides is 3. The van der Waals surface area contributed by atoms with Crippen LogP contribution in [0.2, 0.25) is 0 Å². The third kappa shape index (κ3) is 2.55. The van der Waals surface area contributed by atoms with Crippen LogP contribution in [0.3, 0.4) is 0 Å². The molecule has 1 atom stereocenters. The first-order valence-electron chi connectivity index (χ1n) is 5.39. The number of anilines is 1. The number of pyridine rings is 1. The summed E-state index contributed by atoms with van der Waals surface area (Å²) in [7, 11) is 0. The van der Waals surface area contributed by atoms with Crippen molar-refractivity contribution in [3.8, 4) is 0 Å². The molecule has 2 rings (SSSR count). The number of hydrogen-bond donors (Lipinski definition) is 1. The first-order chi connectivity index (χ1) is 8.38. The maximum Gasteiger partial charge on any atom is 0.433 e. The van der Waals surface area contributed by atoms with Crippen LogP contribution in [0.25, 0.3) is 0 Å². The lowest BCUT2D eigenvalue weighted by Gasteiger charge is -2.19. The van der Waals surface area contributed by atoms with Crippen LogP contribution < -0.4 is 4.90 Å². The molecule has 1 aromatic heterocycles. The Kier molecular flexibility index (Phi) is 3.14. The fraction of sp³-hybridized carbons (Fsp3) is 0.455. The molecular weight excluding hydrogens is 249 g/mol. The molecule has 0 aromatic carbocycles. The van der Waals surface area contributed by atoms with Crippen molar-refractivity contribution >= 4 is 11.7 Å². The maximum absolute atomic E-state index is 12.5. The van der Waals surface area contributed by atoms with Gasteiger partial charge in [-0.15, -0.1) is 0 Å². The summed E-state index contributed by atoms with van der Waals surface area (Å²) in [6, 6.07) is 2.41. The molecule has 1 saturated heterocycles. The van der Waals surface area contributed by atoms with Gasteiger partial charge in [-0.25, -0.2) is 0 Å². The van der Waals surface area contributed by atoms with Gasteiger partial charge in [0.2, 0.25) is 0 Å². The van der Waals surface area contributed by atoms with Gasteiger partial charge in [0, 0.05) is 25.0 Å². The Labute approximate surface area is 101 Å². The van der Waals surface area contributed by atoms with Gasteiger partial charge in [0.05, 0.1) is 5.92 Å². The van der Waals surface area contributed by atoms with Crippen molar-refractivity contribution in [3.05, 3.63) is 24.0 Å². The van der Waals surface area contributed by atoms with Crippen molar-refractivity contribution in [1.82, 2.24) is 4.98 Å². The quantitative estimate of drug-likeness (QED) is 0.883. The molecule has 7 heteroatoms. The molecular formula is C11H11F3N2O2. The molecule has 1 aliphatic heterocycles. The second-order valence-electron chi connectivity index (χ2n) is 4.17. The summed E-state index contributed by atoms with van der Waals surface area (Å²) in [6.07, 6.45) is -2.95. The average molecular weight is 260 g/mol. The van der Waals surface area contributed by atoms with Crippen molar-refractivity contribution in [1.29, 1.82) is 0 Å². The van der Waals surface area contributed by atoms with E-state index in [1.807, 2.05) is 0 Å². The van der Waals surface area contributed by atoms with Crippen LogP contribution in [-0.2, 0) is 11.0 Å². The number of hydrogen-bond acceptors (Lipinski definition) is 3. The molecule has 1 aromatic rings. The molecule has 4 nitrogen and oxygen atoms in total. The minimum atomic E-state index is -4.48. The van der Waals surface area contributed by atoms with Crippen LogP contribution in [0, 0.1) is 5.92 Å². The van der Waals surface area contributed by atoms with Crippen molar-refractivity contribution in [2.75, 3.05) is 18.0 Å². The number of rotatable bonds is 2. The van der Waals surface area contributed by atoms with Gasteiger partial charge in [0.25, 0.3) is 0 Å². The van der Waals surface area contributed by atoms with Crippen molar-refractivity contribution < 1.29 is 23.1 Å². The summed E-state index contributed by atoms with van der Waals surface area (Å²) in [5, 5.41) is 8.84. The molecule has 98 valence electrons. The van der Waals surface area contributed by atoms with Gasteiger partial charge in [-0.05, 0) is 18.6 Å². The molecule has 1 unspecified atom stereocenters. The zero-order valence-corrected chi connectivity index (χ0v) is 9.31. The van der Waals surface area contributed by atoms with Crippen molar-refractivity contribution in [3.63, 3.8) is 0 Å². The first kappa shape index (κ1) is 12.7. The highest BCUT2D eigenvalue weighted by molar-refractivity contribution is 5.72. The van der Waals surface area contributed by atoms with Gasteiger partial charge >= 0.3 is 12.1 Å². The SMILES string of the molecule is O=C(O)C1CCN(c2ccnc(C(F)(F)F)c2)C1. The van der Waals surface area contributed by atoms with Crippen LogP contribution in [0.4, 0.5) is 18.9 Å². The van der Waals surface area contributed by atoms with E-state index in [4.69, 9.17) is 5.11 Å². The van der Waals surface area contributed by atoms with E-state index in [0.717, 1.165) is 12.3 Å². The second kappa shape index (κ2) is 4.47. The van der Waals surface area contributed by atoms with E-state index in [2.05, 4.69) is 4.98 Å². The Hall–Kier alpha value is -1.79. The zero-order chi connectivity index (χ0) is 13.3. The van der Waals surface area contributed by atoms with Gasteiger partial charge in [0.1, 0.15) is 5.69 Å². The Balaban J connectivity index is 2.18. The molecule has 1 fully saturated rings. The molecule has 2 heterocycles. The third-order valence-corrected chi connectivity index (χ3v) is 2.94. The van der Waals surface area contributed by atoms with E-state index < -0.39 is 23.8 Å². The molecule has 1 aliphatic rings. The molecule has 0 amide bonds. The van der Waals surface area contributed by atoms with Gasteiger partial charge < -0.3 is 10.0 Å². The van der Waals surface area contributed by atoms with Crippen LogP contribution in [0.15, 0.2) is 18.3 Å². The zero-order valence-electron chi connectivity index (χ0n) is 9.31. The van der Waals surface area contributed by atoms with Gasteiger partial charge in [0.15, 0.2) is 0 Å². The normalized spacial score (nSPS) is 20.2. The highest BCUT2D eigenvalue weighted by Crippen LogP contribution is 2.31. The Morgan fingerprint density at radius 1 is 1.50 bits per heavy atom. The van der Waals surface area contributed by atoms with E-state index in [0.29, 0.717) is 18.7 Å². The van der Waals surface area contributed by atoms with Crippen LogP contribution >= 0.6 is 0 Å². The van der Waals surface area contributed by atoms with Gasteiger partial charge in [-0.2, -0.15) is 13.2 Å². The molecule has 0 aliphatic carbocycles. The smallest absolute Gasteiger partial charge is 0.433 e. The summed E-state index contributed by atoms with van der Waals surface area (Å²) in [5.74, 6) is -1.44. The summed E-state index contributed by atoms with van der Waals surface area (Å²) in [5.41, 5.74) is -0.597. The Morgan fingerprint density at radius 2 is 2.22 bits per heavy atom. The Bertz CT molecular complexity index is 462. The maximum atomic E-state index is 12.5. The van der Waals surface area contributed by atoms with E-state index in [9.17, 15) is 18.0 Å². The van der Waals surface area contributed by atoms with E-state index in [-0.39, 0.29) is 6.54 Å². The van der Waals surface area contributed by atoms with E-state index in [1.54, 1.807) is 4.90 Å². The number of halogens is 3. The molecule has 18 heavy (non-hydrogen) atoms. The van der Waals surface area contributed by atoms with Crippen molar-refractivity contribution in [2.45, 2.75) is 12.6 Å².